The Bertz CT molecular complexity index is 552. The number of rotatable bonds is 5. The molecule has 3 N–H and O–H groups in total. The van der Waals surface area contributed by atoms with Crippen LogP contribution < -0.4 is 15.8 Å². The van der Waals surface area contributed by atoms with Gasteiger partial charge in [-0.25, -0.2) is 0 Å². The fraction of sp³-hybridized carbons (Fsp3) is 0.250. The van der Waals surface area contributed by atoms with Gasteiger partial charge in [-0.15, -0.1) is 0 Å². The highest BCUT2D eigenvalue weighted by Gasteiger charge is 2.02. The van der Waals surface area contributed by atoms with E-state index in [1.54, 1.807) is 0 Å². The van der Waals surface area contributed by atoms with E-state index in [0.717, 1.165) is 18.0 Å². The van der Waals surface area contributed by atoms with Crippen molar-refractivity contribution in [3.8, 4) is 5.75 Å². The lowest BCUT2D eigenvalue weighted by molar-refractivity contribution is 0.342. The molecule has 0 aliphatic rings. The van der Waals surface area contributed by atoms with Crippen LogP contribution in [0.2, 0.25) is 0 Å². The molecular weight excluding hydrogens is 236 g/mol. The second-order valence-electron chi connectivity index (χ2n) is 4.47. The molecule has 3 heteroatoms. The second kappa shape index (κ2) is 6.14. The van der Waals surface area contributed by atoms with Crippen molar-refractivity contribution in [3.63, 3.8) is 0 Å². The van der Waals surface area contributed by atoms with E-state index in [2.05, 4.69) is 36.5 Å². The van der Waals surface area contributed by atoms with Crippen molar-refractivity contribution < 1.29 is 4.74 Å². The van der Waals surface area contributed by atoms with E-state index in [0.29, 0.717) is 12.3 Å². The van der Waals surface area contributed by atoms with E-state index in [1.165, 1.54) is 11.1 Å². The summed E-state index contributed by atoms with van der Waals surface area (Å²) in [5, 5.41) is 3.39. The summed E-state index contributed by atoms with van der Waals surface area (Å²) >= 11 is 0. The van der Waals surface area contributed by atoms with Gasteiger partial charge < -0.3 is 15.8 Å². The minimum Gasteiger partial charge on any atom is -0.492 e. The molecule has 0 fully saturated rings. The van der Waals surface area contributed by atoms with Gasteiger partial charge in [0.15, 0.2) is 0 Å². The Labute approximate surface area is 114 Å². The zero-order valence-electron chi connectivity index (χ0n) is 11.4. The van der Waals surface area contributed by atoms with Crippen LogP contribution in [0.15, 0.2) is 42.5 Å². The molecule has 0 saturated heterocycles. The third-order valence-electron chi connectivity index (χ3n) is 3.06. The fourth-order valence-electron chi connectivity index (χ4n) is 1.93. The number of nitrogens with one attached hydrogen (secondary N) is 1. The Kier molecular flexibility index (Phi) is 4.29. The number of nitrogens with two attached hydrogens (primary N) is 1. The van der Waals surface area contributed by atoms with Crippen LogP contribution in [0, 0.1) is 6.92 Å². The van der Waals surface area contributed by atoms with Gasteiger partial charge in [-0.05, 0) is 37.1 Å². The molecule has 0 aliphatic heterocycles. The van der Waals surface area contributed by atoms with Crippen molar-refractivity contribution in [2.24, 2.45) is 0 Å². The van der Waals surface area contributed by atoms with Gasteiger partial charge in [0.2, 0.25) is 0 Å². The van der Waals surface area contributed by atoms with E-state index in [4.69, 9.17) is 10.5 Å². The van der Waals surface area contributed by atoms with Gasteiger partial charge >= 0.3 is 0 Å². The maximum absolute atomic E-state index is 5.85. The molecule has 0 aliphatic carbocycles. The van der Waals surface area contributed by atoms with E-state index >= 15 is 0 Å². The summed E-state index contributed by atoms with van der Waals surface area (Å²) in [4.78, 5) is 0. The van der Waals surface area contributed by atoms with Crippen LogP contribution in [0.4, 0.5) is 11.4 Å². The van der Waals surface area contributed by atoms with Crippen molar-refractivity contribution in [2.45, 2.75) is 20.4 Å². The normalized spacial score (nSPS) is 10.2. The lowest BCUT2D eigenvalue weighted by Crippen LogP contribution is -2.03. The zero-order valence-corrected chi connectivity index (χ0v) is 11.4. The molecule has 0 heterocycles. The molecular formula is C16H20N2O. The summed E-state index contributed by atoms with van der Waals surface area (Å²) < 4.78 is 5.49. The smallest absolute Gasteiger partial charge is 0.144 e. The summed E-state index contributed by atoms with van der Waals surface area (Å²) in [6.45, 7) is 5.48. The van der Waals surface area contributed by atoms with Gasteiger partial charge in [0, 0.05) is 18.3 Å². The number of ether oxygens (including phenoxy) is 1. The average molecular weight is 256 g/mol. The highest BCUT2D eigenvalue weighted by atomic mass is 16.5. The third kappa shape index (κ3) is 3.41. The average Bonchev–Trinajstić information content (AvgIpc) is 2.41. The van der Waals surface area contributed by atoms with Crippen LogP contribution >= 0.6 is 0 Å². The lowest BCUT2D eigenvalue weighted by atomic mass is 10.1. The van der Waals surface area contributed by atoms with Crippen molar-refractivity contribution in [2.75, 3.05) is 17.7 Å². The van der Waals surface area contributed by atoms with E-state index in [-0.39, 0.29) is 0 Å². The molecule has 19 heavy (non-hydrogen) atoms. The Balaban J connectivity index is 2.07. The van der Waals surface area contributed by atoms with Gasteiger partial charge in [-0.3, -0.25) is 0 Å². The highest BCUT2D eigenvalue weighted by Crippen LogP contribution is 2.25. The highest BCUT2D eigenvalue weighted by molar-refractivity contribution is 5.61. The maximum atomic E-state index is 5.85. The zero-order chi connectivity index (χ0) is 13.7. The van der Waals surface area contributed by atoms with Gasteiger partial charge in [0.25, 0.3) is 0 Å². The monoisotopic (exact) mass is 256 g/mol. The Morgan fingerprint density at radius 1 is 1.16 bits per heavy atom. The minimum absolute atomic E-state index is 0.617. The lowest BCUT2D eigenvalue weighted by Gasteiger charge is -2.12. The van der Waals surface area contributed by atoms with Crippen LogP contribution in [-0.2, 0) is 6.54 Å². The van der Waals surface area contributed by atoms with Gasteiger partial charge in [-0.1, -0.05) is 24.3 Å². The molecule has 3 nitrogen and oxygen atoms in total. The van der Waals surface area contributed by atoms with E-state index < -0.39 is 0 Å². The number of aryl methyl sites for hydroxylation is 1. The predicted octanol–water partition coefficient (Wildman–Crippen LogP) is 3.59. The first-order valence-corrected chi connectivity index (χ1v) is 6.51. The second-order valence-corrected chi connectivity index (χ2v) is 4.47. The van der Waals surface area contributed by atoms with Crippen LogP contribution in [0.5, 0.6) is 5.75 Å². The summed E-state index contributed by atoms with van der Waals surface area (Å²) in [7, 11) is 0. The standard InChI is InChI=1S/C16H20N2O/c1-3-19-16-10-14(8-9-15(16)17)18-11-13-7-5-4-6-12(13)2/h4-10,18H,3,11,17H2,1-2H3. The topological polar surface area (TPSA) is 47.3 Å². The molecule has 0 bridgehead atoms. The van der Waals surface area contributed by atoms with E-state index in [1.807, 2.05) is 25.1 Å². The molecule has 0 spiro atoms. The molecule has 0 saturated carbocycles. The minimum atomic E-state index is 0.617. The van der Waals surface area contributed by atoms with Crippen LogP contribution in [0.1, 0.15) is 18.1 Å². The predicted molar refractivity (Wildman–Crippen MR) is 80.5 cm³/mol. The van der Waals surface area contributed by atoms with Crippen molar-refractivity contribution in [1.29, 1.82) is 0 Å². The number of anilines is 2. The summed E-state index contributed by atoms with van der Waals surface area (Å²) in [5.41, 5.74) is 10.1. The largest absolute Gasteiger partial charge is 0.492 e. The molecule has 0 unspecified atom stereocenters. The molecule has 0 atom stereocenters. The molecule has 2 rings (SSSR count). The quantitative estimate of drug-likeness (QED) is 0.804. The third-order valence-corrected chi connectivity index (χ3v) is 3.06. The van der Waals surface area contributed by atoms with Crippen LogP contribution in [0.3, 0.4) is 0 Å². The molecule has 100 valence electrons. The molecule has 2 aromatic rings. The maximum Gasteiger partial charge on any atom is 0.144 e. The summed E-state index contributed by atoms with van der Waals surface area (Å²) in [6, 6.07) is 14.1. The summed E-state index contributed by atoms with van der Waals surface area (Å²) in [6.07, 6.45) is 0. The first-order chi connectivity index (χ1) is 9.20. The Morgan fingerprint density at radius 2 is 1.95 bits per heavy atom. The molecule has 0 radical (unpaired) electrons. The number of benzene rings is 2. The van der Waals surface area contributed by atoms with Crippen LogP contribution in [-0.4, -0.2) is 6.61 Å². The first kappa shape index (κ1) is 13.3. The molecule has 0 amide bonds. The fourth-order valence-corrected chi connectivity index (χ4v) is 1.93. The summed E-state index contributed by atoms with van der Waals surface area (Å²) in [5.74, 6) is 0.734. The van der Waals surface area contributed by atoms with Crippen LogP contribution in [0.25, 0.3) is 0 Å². The van der Waals surface area contributed by atoms with Gasteiger partial charge in [0.1, 0.15) is 5.75 Å². The van der Waals surface area contributed by atoms with Gasteiger partial charge in [0.05, 0.1) is 12.3 Å². The molecule has 2 aromatic carbocycles. The van der Waals surface area contributed by atoms with E-state index in [9.17, 15) is 0 Å². The van der Waals surface area contributed by atoms with Crippen molar-refractivity contribution in [1.82, 2.24) is 0 Å². The SMILES string of the molecule is CCOc1cc(NCc2ccccc2C)ccc1N. The number of nitrogen functional groups attached to an aromatic ring is 1. The first-order valence-electron chi connectivity index (χ1n) is 6.51. The Hall–Kier alpha value is -2.16. The van der Waals surface area contributed by atoms with Gasteiger partial charge in [-0.2, -0.15) is 0 Å². The molecule has 0 aromatic heterocycles. The Morgan fingerprint density at radius 3 is 2.68 bits per heavy atom. The number of hydrogen-bond acceptors (Lipinski definition) is 3. The van der Waals surface area contributed by atoms with Crippen molar-refractivity contribution >= 4 is 11.4 Å². The number of hydrogen-bond donors (Lipinski definition) is 2. The van der Waals surface area contributed by atoms with Crippen molar-refractivity contribution in [3.05, 3.63) is 53.6 Å².